The molecule has 4 amide bonds. The number of nitrogens with zero attached hydrogens (tertiary/aromatic N) is 5. The molecule has 2 aromatic heterocycles. The molecule has 0 bridgehead atoms. The fraction of sp³-hybridized carbons (Fsp3) is 0.472. The maximum atomic E-state index is 13.8. The second-order valence-corrected chi connectivity index (χ2v) is 19.7. The zero-order valence-corrected chi connectivity index (χ0v) is 41.4. The number of carbonyl (C=O) groups excluding carboxylic acids is 3. The van der Waals surface area contributed by atoms with Crippen LogP contribution in [0.15, 0.2) is 85.2 Å². The van der Waals surface area contributed by atoms with Crippen LogP contribution in [0.25, 0.3) is 22.5 Å². The molecule has 0 spiro atoms. The number of benzene rings is 3. The van der Waals surface area contributed by atoms with Crippen LogP contribution in [0.4, 0.5) is 15.3 Å². The number of aromatic nitrogens is 4. The first kappa shape index (κ1) is 49.7. The number of amides is 4. The summed E-state index contributed by atoms with van der Waals surface area (Å²) in [6, 6.07) is 24.0. The molecule has 372 valence electrons. The van der Waals surface area contributed by atoms with E-state index in [1.165, 1.54) is 38.0 Å². The van der Waals surface area contributed by atoms with E-state index in [2.05, 4.69) is 119 Å². The van der Waals surface area contributed by atoms with Gasteiger partial charge in [-0.3, -0.25) is 9.59 Å². The van der Waals surface area contributed by atoms with Gasteiger partial charge in [-0.15, -0.1) is 0 Å². The number of aromatic amines is 2. The molecule has 8 rings (SSSR count). The fourth-order valence-electron chi connectivity index (χ4n) is 10.4. The number of rotatable bonds is 15. The normalized spacial score (nSPS) is 21.1. The average Bonchev–Trinajstić information content (AvgIpc) is 4.23. The first-order valence-corrected chi connectivity index (χ1v) is 24.3. The van der Waals surface area contributed by atoms with E-state index in [1.807, 2.05) is 6.20 Å². The standard InChI is InChI=1S/C53H67N9O8/c1-31(68-6)45(58-51(65)66)49(63)60-27-9-11-43(60)47-54-29-39(56-47)33-13-17-35(18-14-33)41-25-26-42(62(41)38-23-21-37(22-24-38)53(3,4)5)36-19-15-34(16-20-36)40-30-55-48(57-40)44-12-10-28-61(44)50(64)46(32(2)69-7)59-52(67)70-8/h13-24,29-32,41-46,58H,9-12,25-28H2,1-8H3,(H,54,56)(H,55,57)(H,59,67)(H,65,66)/t31-,32-,41-,42-,43-,44-,45-,46+/m0/s1. The summed E-state index contributed by atoms with van der Waals surface area (Å²) in [5.74, 6) is 0.778. The third-order valence-corrected chi connectivity index (χ3v) is 14.5. The van der Waals surface area contributed by atoms with Gasteiger partial charge in [-0.1, -0.05) is 81.4 Å². The van der Waals surface area contributed by atoms with Gasteiger partial charge in [0.1, 0.15) is 23.7 Å². The monoisotopic (exact) mass is 958 g/mol. The van der Waals surface area contributed by atoms with E-state index in [9.17, 15) is 24.3 Å². The molecule has 0 saturated carbocycles. The summed E-state index contributed by atoms with van der Waals surface area (Å²) in [6.07, 6.45) is 5.36. The van der Waals surface area contributed by atoms with Gasteiger partial charge in [0.25, 0.3) is 0 Å². The van der Waals surface area contributed by atoms with Crippen LogP contribution in [-0.4, -0.2) is 118 Å². The van der Waals surface area contributed by atoms with Crippen molar-refractivity contribution < 1.29 is 38.5 Å². The molecule has 5 heterocycles. The first-order chi connectivity index (χ1) is 33.6. The maximum absolute atomic E-state index is 13.8. The average molecular weight is 958 g/mol. The zero-order chi connectivity index (χ0) is 49.9. The Labute approximate surface area is 409 Å². The summed E-state index contributed by atoms with van der Waals surface area (Å²) in [5, 5.41) is 14.4. The Morgan fingerprint density at radius 3 is 1.49 bits per heavy atom. The zero-order valence-electron chi connectivity index (χ0n) is 41.4. The minimum atomic E-state index is -1.28. The summed E-state index contributed by atoms with van der Waals surface area (Å²) in [5.41, 5.74) is 8.49. The number of alkyl carbamates (subject to hydrolysis) is 1. The number of hydrogen-bond acceptors (Lipinski definition) is 10. The molecule has 5 N–H and O–H groups in total. The largest absolute Gasteiger partial charge is 0.465 e. The number of carbonyl (C=O) groups is 4. The Morgan fingerprint density at radius 1 is 0.643 bits per heavy atom. The van der Waals surface area contributed by atoms with Crippen molar-refractivity contribution in [2.45, 2.75) is 127 Å². The van der Waals surface area contributed by atoms with Gasteiger partial charge in [-0.25, -0.2) is 19.6 Å². The molecule has 17 heteroatoms. The maximum Gasteiger partial charge on any atom is 0.407 e. The Kier molecular flexibility index (Phi) is 15.0. The number of imidazole rings is 2. The van der Waals surface area contributed by atoms with E-state index in [-0.39, 0.29) is 41.4 Å². The molecule has 0 aliphatic carbocycles. The highest BCUT2D eigenvalue weighted by Gasteiger charge is 2.41. The van der Waals surface area contributed by atoms with E-state index >= 15 is 0 Å². The third kappa shape index (κ3) is 10.4. The molecule has 3 aliphatic rings. The van der Waals surface area contributed by atoms with Crippen LogP contribution in [0.1, 0.15) is 126 Å². The topological polar surface area (TPSA) is 207 Å². The molecule has 3 aliphatic heterocycles. The number of ether oxygens (including phenoxy) is 3. The summed E-state index contributed by atoms with van der Waals surface area (Å²) in [4.78, 5) is 73.7. The molecule has 0 unspecified atom stereocenters. The first-order valence-electron chi connectivity index (χ1n) is 24.3. The lowest BCUT2D eigenvalue weighted by molar-refractivity contribution is -0.138. The summed E-state index contributed by atoms with van der Waals surface area (Å²) in [7, 11) is 4.23. The number of likely N-dealkylation sites (tertiary alicyclic amines) is 2. The number of hydrogen-bond donors (Lipinski definition) is 5. The van der Waals surface area contributed by atoms with Crippen LogP contribution in [0, 0.1) is 0 Å². The van der Waals surface area contributed by atoms with Gasteiger partial charge in [-0.2, -0.15) is 0 Å². The van der Waals surface area contributed by atoms with Crippen molar-refractivity contribution in [3.63, 3.8) is 0 Å². The highest BCUT2D eigenvalue weighted by Crippen LogP contribution is 2.48. The van der Waals surface area contributed by atoms with Crippen molar-refractivity contribution in [2.75, 3.05) is 39.3 Å². The highest BCUT2D eigenvalue weighted by atomic mass is 16.5. The van der Waals surface area contributed by atoms with Crippen LogP contribution in [0.3, 0.4) is 0 Å². The second kappa shape index (κ2) is 21.1. The number of H-pyrrole nitrogens is 2. The quantitative estimate of drug-likeness (QED) is 0.0671. The Hall–Kier alpha value is -6.72. The minimum Gasteiger partial charge on any atom is -0.465 e. The molecule has 17 nitrogen and oxygen atoms in total. The molecule has 0 radical (unpaired) electrons. The van der Waals surface area contributed by atoms with Crippen LogP contribution in [0.5, 0.6) is 0 Å². The molecule has 8 atom stereocenters. The van der Waals surface area contributed by atoms with Crippen molar-refractivity contribution in [1.82, 2.24) is 40.4 Å². The van der Waals surface area contributed by atoms with Crippen molar-refractivity contribution in [3.05, 3.63) is 114 Å². The molecular weight excluding hydrogens is 891 g/mol. The molecule has 3 saturated heterocycles. The summed E-state index contributed by atoms with van der Waals surface area (Å²) in [6.45, 7) is 11.1. The minimum absolute atomic E-state index is 0.0134. The number of nitrogens with one attached hydrogen (secondary N) is 4. The Balaban J connectivity index is 1.00. The van der Waals surface area contributed by atoms with Gasteiger partial charge >= 0.3 is 12.2 Å². The summed E-state index contributed by atoms with van der Waals surface area (Å²) < 4.78 is 15.6. The van der Waals surface area contributed by atoms with Gasteiger partial charge in [0.05, 0.1) is 67.3 Å². The predicted molar refractivity (Wildman–Crippen MR) is 265 cm³/mol. The van der Waals surface area contributed by atoms with Crippen molar-refractivity contribution in [1.29, 1.82) is 0 Å². The van der Waals surface area contributed by atoms with Gasteiger partial charge < -0.3 is 54.6 Å². The SMILES string of the molecule is COC(=O)N[C@@H](C(=O)N1CCC[C@H]1c1ncc(-c2ccc([C@@H]3CC[C@@H](c4ccc(-c5cnc([C@@H]6CCCN6C(=O)[C@@H](NC(=O)O)[C@H](C)OC)[nH]5)cc4)N3c3ccc(C(C)(C)C)cc3)cc2)[nH]1)[C@H](C)OC. The van der Waals surface area contributed by atoms with E-state index < -0.39 is 36.5 Å². The number of carboxylic acid groups (broad SMARTS) is 1. The van der Waals surface area contributed by atoms with E-state index in [4.69, 9.17) is 24.2 Å². The fourth-order valence-corrected chi connectivity index (χ4v) is 10.4. The second-order valence-electron chi connectivity index (χ2n) is 19.7. The van der Waals surface area contributed by atoms with Crippen molar-refractivity contribution in [3.8, 4) is 22.5 Å². The molecule has 3 aromatic carbocycles. The highest BCUT2D eigenvalue weighted by molar-refractivity contribution is 5.87. The van der Waals surface area contributed by atoms with Gasteiger partial charge in [0.15, 0.2) is 0 Å². The molecular formula is C53H67N9O8. The lowest BCUT2D eigenvalue weighted by atomic mass is 9.87. The van der Waals surface area contributed by atoms with Crippen molar-refractivity contribution >= 4 is 29.7 Å². The van der Waals surface area contributed by atoms with Crippen LogP contribution >= 0.6 is 0 Å². The van der Waals surface area contributed by atoms with Gasteiger partial charge in [-0.05, 0) is 97.7 Å². The molecule has 3 fully saturated rings. The Morgan fingerprint density at radius 2 is 1.09 bits per heavy atom. The lowest BCUT2D eigenvalue weighted by Crippen LogP contribution is -2.54. The van der Waals surface area contributed by atoms with Crippen molar-refractivity contribution in [2.24, 2.45) is 0 Å². The van der Waals surface area contributed by atoms with Gasteiger partial charge in [0, 0.05) is 33.0 Å². The summed E-state index contributed by atoms with van der Waals surface area (Å²) >= 11 is 0. The van der Waals surface area contributed by atoms with E-state index in [1.54, 1.807) is 29.8 Å². The molecule has 70 heavy (non-hydrogen) atoms. The Bertz CT molecular complexity index is 2610. The van der Waals surface area contributed by atoms with Crippen LogP contribution < -0.4 is 15.5 Å². The van der Waals surface area contributed by atoms with Gasteiger partial charge in [0.2, 0.25) is 11.8 Å². The van der Waals surface area contributed by atoms with E-state index in [0.29, 0.717) is 31.2 Å². The smallest absolute Gasteiger partial charge is 0.407 e. The number of anilines is 1. The van der Waals surface area contributed by atoms with Crippen LogP contribution in [-0.2, 0) is 29.2 Å². The van der Waals surface area contributed by atoms with E-state index in [0.717, 1.165) is 60.3 Å². The predicted octanol–water partition coefficient (Wildman–Crippen LogP) is 8.60. The van der Waals surface area contributed by atoms with Crippen LogP contribution in [0.2, 0.25) is 0 Å². The third-order valence-electron chi connectivity index (χ3n) is 14.5. The lowest BCUT2D eigenvalue weighted by Gasteiger charge is -2.34. The molecule has 5 aromatic rings. The number of methoxy groups -OCH3 is 3.